The van der Waals surface area contributed by atoms with Gasteiger partial charge in [-0.15, -0.1) is 11.3 Å². The molecule has 2 aromatic heterocycles. The van der Waals surface area contributed by atoms with Gasteiger partial charge in [-0.05, 0) is 6.07 Å². The summed E-state index contributed by atoms with van der Waals surface area (Å²) in [6, 6.07) is 1.75. The number of carbonyl (C=O) groups is 1. The number of aromatic carboxylic acids is 1. The molecule has 0 fully saturated rings. The van der Waals surface area contributed by atoms with E-state index in [1.54, 1.807) is 17.6 Å². The molecule has 0 bridgehead atoms. The van der Waals surface area contributed by atoms with Crippen molar-refractivity contribution in [3.8, 4) is 10.4 Å². The summed E-state index contributed by atoms with van der Waals surface area (Å²) >= 11 is 7.19. The molecule has 0 aliphatic carbocycles. The molecule has 0 saturated heterocycles. The Morgan fingerprint density at radius 3 is 2.86 bits per heavy atom. The van der Waals surface area contributed by atoms with Crippen LogP contribution in [0.15, 0.2) is 23.8 Å². The molecule has 2 N–H and O–H groups in total. The number of thiophene rings is 1. The first-order valence-corrected chi connectivity index (χ1v) is 5.08. The first-order chi connectivity index (χ1) is 6.68. The molecule has 3 nitrogen and oxygen atoms in total. The molecule has 0 atom stereocenters. The van der Waals surface area contributed by atoms with E-state index in [4.69, 9.17) is 16.7 Å². The van der Waals surface area contributed by atoms with E-state index < -0.39 is 5.97 Å². The van der Waals surface area contributed by atoms with Crippen LogP contribution < -0.4 is 0 Å². The Hall–Kier alpha value is -1.26. The van der Waals surface area contributed by atoms with Crippen molar-refractivity contribution in [2.45, 2.75) is 0 Å². The molecule has 5 heteroatoms. The summed E-state index contributed by atoms with van der Waals surface area (Å²) in [5, 5.41) is 11.3. The van der Waals surface area contributed by atoms with Crippen LogP contribution in [0.5, 0.6) is 0 Å². The fourth-order valence-electron chi connectivity index (χ4n) is 1.20. The van der Waals surface area contributed by atoms with Crippen LogP contribution in [0.2, 0.25) is 5.02 Å². The van der Waals surface area contributed by atoms with Gasteiger partial charge in [0.1, 0.15) is 0 Å². The van der Waals surface area contributed by atoms with Gasteiger partial charge in [0.2, 0.25) is 0 Å². The van der Waals surface area contributed by atoms with Gasteiger partial charge < -0.3 is 10.1 Å². The van der Waals surface area contributed by atoms with Crippen molar-refractivity contribution in [1.82, 2.24) is 4.98 Å². The zero-order valence-corrected chi connectivity index (χ0v) is 8.52. The van der Waals surface area contributed by atoms with Crippen molar-refractivity contribution in [2.24, 2.45) is 0 Å². The van der Waals surface area contributed by atoms with E-state index in [0.29, 0.717) is 10.6 Å². The van der Waals surface area contributed by atoms with E-state index in [1.807, 2.05) is 0 Å². The molecule has 0 saturated carbocycles. The van der Waals surface area contributed by atoms with Crippen molar-refractivity contribution in [3.05, 3.63) is 34.4 Å². The van der Waals surface area contributed by atoms with Gasteiger partial charge in [-0.3, -0.25) is 0 Å². The lowest BCUT2D eigenvalue weighted by molar-refractivity contribution is 0.0698. The topological polar surface area (TPSA) is 53.1 Å². The second-order valence-electron chi connectivity index (χ2n) is 2.72. The maximum atomic E-state index is 10.8. The monoisotopic (exact) mass is 227 g/mol. The average Bonchev–Trinajstić information content (AvgIpc) is 2.70. The average molecular weight is 228 g/mol. The first-order valence-electron chi connectivity index (χ1n) is 3.83. The van der Waals surface area contributed by atoms with Crippen LogP contribution in [-0.4, -0.2) is 16.1 Å². The lowest BCUT2D eigenvalue weighted by atomic mass is 10.2. The molecule has 0 amide bonds. The number of aromatic amines is 1. The fourth-order valence-corrected chi connectivity index (χ4v) is 2.30. The number of hydrogen-bond acceptors (Lipinski definition) is 2. The third-order valence-electron chi connectivity index (χ3n) is 1.81. The van der Waals surface area contributed by atoms with E-state index in [-0.39, 0.29) is 5.56 Å². The van der Waals surface area contributed by atoms with Crippen molar-refractivity contribution in [1.29, 1.82) is 0 Å². The van der Waals surface area contributed by atoms with E-state index in [0.717, 1.165) is 4.88 Å². The molecule has 0 aliphatic rings. The van der Waals surface area contributed by atoms with Crippen molar-refractivity contribution in [2.75, 3.05) is 0 Å². The van der Waals surface area contributed by atoms with Gasteiger partial charge in [0.05, 0.1) is 10.6 Å². The number of rotatable bonds is 2. The summed E-state index contributed by atoms with van der Waals surface area (Å²) in [6.45, 7) is 0. The Bertz CT molecular complexity index is 475. The minimum Gasteiger partial charge on any atom is -0.478 e. The highest BCUT2D eigenvalue weighted by Gasteiger charge is 2.13. The van der Waals surface area contributed by atoms with Crippen molar-refractivity contribution < 1.29 is 9.90 Å². The molecule has 0 unspecified atom stereocenters. The van der Waals surface area contributed by atoms with Gasteiger partial charge >= 0.3 is 5.97 Å². The molecule has 0 aromatic carbocycles. The molecule has 2 aromatic rings. The van der Waals surface area contributed by atoms with Crippen LogP contribution in [0.3, 0.4) is 0 Å². The van der Waals surface area contributed by atoms with Crippen molar-refractivity contribution in [3.63, 3.8) is 0 Å². The molecule has 0 aliphatic heterocycles. The molecule has 0 spiro atoms. The molecule has 0 radical (unpaired) electrons. The lowest BCUT2D eigenvalue weighted by Gasteiger charge is -1.94. The standard InChI is InChI=1S/C9H6ClNO2S/c10-5-1-8(14-4-5)6-2-11-3-7(6)9(12)13/h1-4,11H,(H,12,13). The Balaban J connectivity index is 2.51. The zero-order chi connectivity index (χ0) is 10.1. The number of H-pyrrole nitrogens is 1. The largest absolute Gasteiger partial charge is 0.478 e. The van der Waals surface area contributed by atoms with Crippen LogP contribution in [0, 0.1) is 0 Å². The number of aromatic nitrogens is 1. The van der Waals surface area contributed by atoms with Gasteiger partial charge in [-0.25, -0.2) is 4.79 Å². The van der Waals surface area contributed by atoms with Gasteiger partial charge in [0, 0.05) is 28.2 Å². The number of halogens is 1. The van der Waals surface area contributed by atoms with Gasteiger partial charge in [0.25, 0.3) is 0 Å². The zero-order valence-electron chi connectivity index (χ0n) is 6.95. The summed E-state index contributed by atoms with van der Waals surface area (Å²) in [4.78, 5) is 14.4. The number of carboxylic acid groups (broad SMARTS) is 1. The molecule has 2 rings (SSSR count). The summed E-state index contributed by atoms with van der Waals surface area (Å²) in [5.41, 5.74) is 0.943. The quantitative estimate of drug-likeness (QED) is 0.828. The highest BCUT2D eigenvalue weighted by Crippen LogP contribution is 2.31. The minimum absolute atomic E-state index is 0.267. The maximum absolute atomic E-state index is 10.8. The Morgan fingerprint density at radius 1 is 1.50 bits per heavy atom. The molecular weight excluding hydrogens is 222 g/mol. The number of nitrogens with one attached hydrogen (secondary N) is 1. The molecule has 72 valence electrons. The van der Waals surface area contributed by atoms with E-state index in [1.165, 1.54) is 17.5 Å². The SMILES string of the molecule is O=C(O)c1c[nH]cc1-c1cc(Cl)cs1. The predicted octanol–water partition coefficient (Wildman–Crippen LogP) is 3.09. The predicted molar refractivity (Wildman–Crippen MR) is 56.1 cm³/mol. The Morgan fingerprint density at radius 2 is 2.29 bits per heavy atom. The summed E-state index contributed by atoms with van der Waals surface area (Å²) < 4.78 is 0. The van der Waals surface area contributed by atoms with Crippen LogP contribution in [-0.2, 0) is 0 Å². The van der Waals surface area contributed by atoms with E-state index in [9.17, 15) is 4.79 Å². The Labute approximate surface area is 89.0 Å². The van der Waals surface area contributed by atoms with Gasteiger partial charge in [-0.1, -0.05) is 11.6 Å². The minimum atomic E-state index is -0.939. The third-order valence-corrected chi connectivity index (χ3v) is 3.12. The van der Waals surface area contributed by atoms with Crippen molar-refractivity contribution >= 4 is 28.9 Å². The lowest BCUT2D eigenvalue weighted by Crippen LogP contribution is -1.94. The van der Waals surface area contributed by atoms with Crippen LogP contribution in [0.25, 0.3) is 10.4 Å². The number of hydrogen-bond donors (Lipinski definition) is 2. The molecular formula is C9H6ClNO2S. The molecule has 14 heavy (non-hydrogen) atoms. The highest BCUT2D eigenvalue weighted by atomic mass is 35.5. The number of carboxylic acids is 1. The summed E-state index contributed by atoms with van der Waals surface area (Å²) in [6.07, 6.45) is 3.12. The smallest absolute Gasteiger partial charge is 0.337 e. The second kappa shape index (κ2) is 3.48. The summed E-state index contributed by atoms with van der Waals surface area (Å²) in [5.74, 6) is -0.939. The molecule has 2 heterocycles. The van der Waals surface area contributed by atoms with Crippen LogP contribution in [0.4, 0.5) is 0 Å². The van der Waals surface area contributed by atoms with Crippen LogP contribution >= 0.6 is 22.9 Å². The van der Waals surface area contributed by atoms with Gasteiger partial charge in [0.15, 0.2) is 0 Å². The van der Waals surface area contributed by atoms with Gasteiger partial charge in [-0.2, -0.15) is 0 Å². The normalized spacial score (nSPS) is 10.4. The second-order valence-corrected chi connectivity index (χ2v) is 4.06. The summed E-state index contributed by atoms with van der Waals surface area (Å²) in [7, 11) is 0. The first kappa shape index (κ1) is 9.30. The third kappa shape index (κ3) is 1.54. The fraction of sp³-hybridized carbons (Fsp3) is 0. The van der Waals surface area contributed by atoms with E-state index >= 15 is 0 Å². The van der Waals surface area contributed by atoms with Crippen LogP contribution in [0.1, 0.15) is 10.4 Å². The van der Waals surface area contributed by atoms with E-state index in [2.05, 4.69) is 4.98 Å². The highest BCUT2D eigenvalue weighted by molar-refractivity contribution is 7.14. The maximum Gasteiger partial charge on any atom is 0.337 e. The Kier molecular flexibility index (Phi) is 2.31.